The van der Waals surface area contributed by atoms with Crippen molar-refractivity contribution in [1.82, 2.24) is 16.3 Å². The van der Waals surface area contributed by atoms with E-state index in [1.54, 1.807) is 17.8 Å². The van der Waals surface area contributed by atoms with Crippen molar-refractivity contribution < 1.29 is 9.90 Å². The highest BCUT2D eigenvalue weighted by molar-refractivity contribution is 7.98. The van der Waals surface area contributed by atoms with Crippen LogP contribution in [0.4, 0.5) is 10.8 Å². The van der Waals surface area contributed by atoms with Crippen LogP contribution < -0.4 is 11.5 Å². The molecule has 0 unspecified atom stereocenters. The van der Waals surface area contributed by atoms with Crippen LogP contribution in [0.3, 0.4) is 0 Å². The van der Waals surface area contributed by atoms with Crippen molar-refractivity contribution in [1.29, 1.82) is 0 Å². The fourth-order valence-electron chi connectivity index (χ4n) is 3.79. The molecule has 0 atom stereocenters. The lowest BCUT2D eigenvalue weighted by Crippen LogP contribution is -1.90. The number of nitrogens with zero attached hydrogens (tertiary/aromatic N) is 2. The van der Waals surface area contributed by atoms with Gasteiger partial charge >= 0.3 is 5.97 Å². The van der Waals surface area contributed by atoms with Crippen molar-refractivity contribution in [2.45, 2.75) is 10.6 Å². The van der Waals surface area contributed by atoms with Crippen LogP contribution in [-0.2, 0) is 10.5 Å². The summed E-state index contributed by atoms with van der Waals surface area (Å²) >= 11 is 3.27. The predicted molar refractivity (Wildman–Crippen MR) is 158 cm³/mol. The van der Waals surface area contributed by atoms with E-state index < -0.39 is 5.97 Å². The predicted octanol–water partition coefficient (Wildman–Crippen LogP) is 8.17. The van der Waals surface area contributed by atoms with Crippen LogP contribution in [0.1, 0.15) is 11.1 Å². The zero-order valence-electron chi connectivity index (χ0n) is 20.5. The molecule has 5 aromatic rings. The maximum Gasteiger partial charge on any atom is 0.328 e. The summed E-state index contributed by atoms with van der Waals surface area (Å²) in [7, 11) is 0. The fourth-order valence-corrected chi connectivity index (χ4v) is 5.52. The minimum atomic E-state index is -0.969. The van der Waals surface area contributed by atoms with E-state index in [0.717, 1.165) is 33.7 Å². The van der Waals surface area contributed by atoms with Gasteiger partial charge in [0.25, 0.3) is 0 Å². The second-order valence-corrected chi connectivity index (χ2v) is 10.2. The van der Waals surface area contributed by atoms with E-state index in [2.05, 4.69) is 76.2 Å². The second-order valence-electron chi connectivity index (χ2n) is 8.17. The van der Waals surface area contributed by atoms with E-state index in [1.165, 1.54) is 32.9 Å². The standard InChI is InChI=1S/C30H23N3O2S2.H3N/c34-28(35)18-15-21-13-16-23(17-14-21)29-32-33-30(37-29)31-25-10-6-11-26(19-25)36-20-24-9-4-5-12-27(24)22-7-2-1-3-8-22;/h1-19H,20H2,(H,31,33)(H,34,35);1H3. The number of carbonyl (C=O) groups is 1. The number of thioether (sulfide) groups is 1. The minimum Gasteiger partial charge on any atom is -0.478 e. The Balaban J connectivity index is 0.00000336. The van der Waals surface area contributed by atoms with E-state index in [1.807, 2.05) is 42.5 Å². The number of aromatic nitrogens is 2. The molecule has 0 bridgehead atoms. The molecule has 5 rings (SSSR count). The Labute approximate surface area is 229 Å². The molecular weight excluding hydrogens is 512 g/mol. The summed E-state index contributed by atoms with van der Waals surface area (Å²) in [5.74, 6) is -0.0989. The monoisotopic (exact) mass is 538 g/mol. The van der Waals surface area contributed by atoms with Crippen molar-refractivity contribution in [2.75, 3.05) is 5.32 Å². The lowest BCUT2D eigenvalue weighted by Gasteiger charge is -2.10. The second kappa shape index (κ2) is 12.8. The summed E-state index contributed by atoms with van der Waals surface area (Å²) < 4.78 is 0. The van der Waals surface area contributed by atoms with E-state index in [0.29, 0.717) is 5.13 Å². The highest BCUT2D eigenvalue weighted by Gasteiger charge is 2.09. The summed E-state index contributed by atoms with van der Waals surface area (Å²) in [6.07, 6.45) is 2.68. The molecule has 1 heterocycles. The summed E-state index contributed by atoms with van der Waals surface area (Å²) in [6.45, 7) is 0. The van der Waals surface area contributed by atoms with Gasteiger partial charge in [-0.05, 0) is 46.5 Å². The number of hydrogen-bond donors (Lipinski definition) is 3. The zero-order chi connectivity index (χ0) is 25.5. The van der Waals surface area contributed by atoms with Crippen LogP contribution in [0, 0.1) is 0 Å². The number of aliphatic carboxylic acids is 1. The molecule has 0 fully saturated rings. The quantitative estimate of drug-likeness (QED) is 0.128. The van der Waals surface area contributed by atoms with E-state index in [-0.39, 0.29) is 6.15 Å². The van der Waals surface area contributed by atoms with Crippen molar-refractivity contribution >= 4 is 46.0 Å². The average Bonchev–Trinajstić information content (AvgIpc) is 3.40. The molecule has 0 aliphatic carbocycles. The lowest BCUT2D eigenvalue weighted by atomic mass is 10.0. The molecule has 1 aromatic heterocycles. The van der Waals surface area contributed by atoms with Crippen LogP contribution >= 0.6 is 23.1 Å². The maximum absolute atomic E-state index is 10.7. The molecule has 38 heavy (non-hydrogen) atoms. The molecule has 4 aromatic carbocycles. The van der Waals surface area contributed by atoms with Gasteiger partial charge in [0.05, 0.1) is 0 Å². The Kier molecular flexibility index (Phi) is 9.05. The van der Waals surface area contributed by atoms with Crippen molar-refractivity contribution in [3.05, 3.63) is 120 Å². The molecule has 0 amide bonds. The highest BCUT2D eigenvalue weighted by atomic mass is 32.2. The van der Waals surface area contributed by atoms with Gasteiger partial charge in [0.15, 0.2) is 0 Å². The molecule has 6 nitrogen and oxygen atoms in total. The number of benzene rings is 4. The normalized spacial score (nSPS) is 10.7. The van der Waals surface area contributed by atoms with Gasteiger partial charge in [-0.25, -0.2) is 4.79 Å². The number of anilines is 2. The Bertz CT molecular complexity index is 1530. The first-order valence-corrected chi connectivity index (χ1v) is 13.4. The van der Waals surface area contributed by atoms with Crippen LogP contribution in [0.5, 0.6) is 0 Å². The number of hydrogen-bond acceptors (Lipinski definition) is 7. The molecule has 0 saturated carbocycles. The largest absolute Gasteiger partial charge is 0.478 e. The number of nitrogens with one attached hydrogen (secondary N) is 1. The van der Waals surface area contributed by atoms with Crippen LogP contribution in [0.15, 0.2) is 114 Å². The Hall–Kier alpha value is -4.24. The van der Waals surface area contributed by atoms with E-state index >= 15 is 0 Å². The maximum atomic E-state index is 10.7. The third kappa shape index (κ3) is 6.95. The molecular formula is C30H26N4O2S2. The number of carboxylic acids is 1. The highest BCUT2D eigenvalue weighted by Crippen LogP contribution is 2.33. The van der Waals surface area contributed by atoms with Crippen molar-refractivity contribution in [3.63, 3.8) is 0 Å². The molecule has 0 radical (unpaired) electrons. The van der Waals surface area contributed by atoms with Crippen LogP contribution in [-0.4, -0.2) is 21.3 Å². The molecule has 0 aliphatic heterocycles. The zero-order valence-corrected chi connectivity index (χ0v) is 22.1. The van der Waals surface area contributed by atoms with Crippen molar-refractivity contribution in [3.8, 4) is 21.7 Å². The van der Waals surface area contributed by atoms with Gasteiger partial charge in [-0.15, -0.1) is 22.0 Å². The molecule has 0 saturated heterocycles. The smallest absolute Gasteiger partial charge is 0.328 e. The first-order valence-electron chi connectivity index (χ1n) is 11.6. The molecule has 0 spiro atoms. The van der Waals surface area contributed by atoms with Crippen molar-refractivity contribution in [2.24, 2.45) is 0 Å². The van der Waals surface area contributed by atoms with Crippen LogP contribution in [0.25, 0.3) is 27.8 Å². The SMILES string of the molecule is N.O=C(O)C=Cc1ccc(-c2nnc(Nc3cccc(SCc4ccccc4-c4ccccc4)c3)s2)cc1. The summed E-state index contributed by atoms with van der Waals surface area (Å²) in [4.78, 5) is 11.9. The first kappa shape index (κ1) is 26.8. The van der Waals surface area contributed by atoms with E-state index in [9.17, 15) is 4.79 Å². The lowest BCUT2D eigenvalue weighted by molar-refractivity contribution is -0.131. The van der Waals surface area contributed by atoms with Gasteiger partial charge < -0.3 is 16.6 Å². The summed E-state index contributed by atoms with van der Waals surface area (Å²) in [5.41, 5.74) is 6.49. The first-order chi connectivity index (χ1) is 18.1. The summed E-state index contributed by atoms with van der Waals surface area (Å²) in [5, 5.41) is 22.3. The molecule has 190 valence electrons. The van der Waals surface area contributed by atoms with Crippen LogP contribution in [0.2, 0.25) is 0 Å². The third-order valence-electron chi connectivity index (χ3n) is 5.58. The van der Waals surface area contributed by atoms with Gasteiger partial charge in [-0.2, -0.15) is 0 Å². The Morgan fingerprint density at radius 1 is 0.868 bits per heavy atom. The summed E-state index contributed by atoms with van der Waals surface area (Å²) in [6, 6.07) is 34.9. The van der Waals surface area contributed by atoms with Gasteiger partial charge in [0.2, 0.25) is 5.13 Å². The fraction of sp³-hybridized carbons (Fsp3) is 0.0333. The molecule has 5 N–H and O–H groups in total. The Morgan fingerprint density at radius 2 is 1.63 bits per heavy atom. The van der Waals surface area contributed by atoms with Gasteiger partial charge in [-0.3, -0.25) is 0 Å². The molecule has 0 aliphatic rings. The van der Waals surface area contributed by atoms with Gasteiger partial charge in [0.1, 0.15) is 5.01 Å². The molecule has 8 heteroatoms. The van der Waals surface area contributed by atoms with Gasteiger partial charge in [0, 0.05) is 28.0 Å². The number of rotatable bonds is 9. The Morgan fingerprint density at radius 3 is 2.42 bits per heavy atom. The van der Waals surface area contributed by atoms with Gasteiger partial charge in [-0.1, -0.05) is 96.3 Å². The third-order valence-corrected chi connectivity index (χ3v) is 7.51. The number of carboxylic acid groups (broad SMARTS) is 1. The minimum absolute atomic E-state index is 0. The average molecular weight is 539 g/mol. The topological polar surface area (TPSA) is 110 Å². The van der Waals surface area contributed by atoms with E-state index in [4.69, 9.17) is 5.11 Å².